The Labute approximate surface area is 408 Å². The summed E-state index contributed by atoms with van der Waals surface area (Å²) in [5.74, 6) is 2.35. The van der Waals surface area contributed by atoms with E-state index in [1.54, 1.807) is 4.68 Å². The van der Waals surface area contributed by atoms with E-state index in [9.17, 15) is 4.79 Å². The van der Waals surface area contributed by atoms with Gasteiger partial charge in [-0.2, -0.15) is 0 Å². The van der Waals surface area contributed by atoms with Crippen LogP contribution in [-0.2, 0) is 14.9 Å². The largest absolute Gasteiger partial charge is 0.459 e. The summed E-state index contributed by atoms with van der Waals surface area (Å²) in [6, 6.07) is 6.06. The third-order valence-electron chi connectivity index (χ3n) is 15.0. The molecular formula is C57H93N7O3. The predicted octanol–water partition coefficient (Wildman–Crippen LogP) is 14.6. The van der Waals surface area contributed by atoms with Crippen molar-refractivity contribution in [2.45, 2.75) is 212 Å². The van der Waals surface area contributed by atoms with Crippen molar-refractivity contribution in [2.24, 2.45) is 51.3 Å². The first-order valence-electron chi connectivity index (χ1n) is 26.6. The molecule has 1 aromatic heterocycles. The number of nitrogens with one attached hydrogen (secondary N) is 1. The van der Waals surface area contributed by atoms with Gasteiger partial charge in [0.15, 0.2) is 17.5 Å². The van der Waals surface area contributed by atoms with Gasteiger partial charge in [0, 0.05) is 42.6 Å². The first-order chi connectivity index (χ1) is 31.6. The van der Waals surface area contributed by atoms with E-state index < -0.39 is 11.4 Å². The summed E-state index contributed by atoms with van der Waals surface area (Å²) < 4.78 is 8.32. The maximum atomic E-state index is 15.0. The number of nitrogens with zero attached hydrogens (tertiary/aromatic N) is 6. The highest BCUT2D eigenvalue weighted by Crippen LogP contribution is 2.50. The number of rotatable bonds is 23. The van der Waals surface area contributed by atoms with Crippen LogP contribution in [0.1, 0.15) is 223 Å². The van der Waals surface area contributed by atoms with Gasteiger partial charge in [-0.15, -0.1) is 5.10 Å². The second-order valence-electron chi connectivity index (χ2n) is 23.6. The molecule has 0 saturated heterocycles. The fraction of sp³-hybridized carbons (Fsp3) is 0.754. The molecule has 1 aliphatic heterocycles. The number of aromatic nitrogens is 3. The molecule has 1 N–H and O–H groups in total. The average molecular weight is 924 g/mol. The number of hydrogen-bond acceptors (Lipinski definition) is 7. The number of allylic oxidation sites excluding steroid dienone is 1. The average Bonchev–Trinajstić information content (AvgIpc) is 3.83. The molecular weight excluding hydrogens is 831 g/mol. The minimum absolute atomic E-state index is 0.0374. The van der Waals surface area contributed by atoms with Gasteiger partial charge in [0.25, 0.3) is 5.91 Å². The van der Waals surface area contributed by atoms with Crippen LogP contribution >= 0.6 is 0 Å². The molecule has 67 heavy (non-hydrogen) atoms. The highest BCUT2D eigenvalue weighted by molar-refractivity contribution is 6.29. The van der Waals surface area contributed by atoms with E-state index in [0.29, 0.717) is 47.3 Å². The van der Waals surface area contributed by atoms with E-state index in [-0.39, 0.29) is 57.6 Å². The van der Waals surface area contributed by atoms with E-state index >= 15 is 4.79 Å². The van der Waals surface area contributed by atoms with Gasteiger partial charge in [-0.05, 0) is 84.8 Å². The Morgan fingerprint density at radius 2 is 1.36 bits per heavy atom. The first kappa shape index (κ1) is 55.6. The fourth-order valence-corrected chi connectivity index (χ4v) is 10.3. The van der Waals surface area contributed by atoms with Gasteiger partial charge in [-0.3, -0.25) is 4.79 Å². The minimum atomic E-state index is -0.572. The molecule has 10 heteroatoms. The molecule has 10 nitrogen and oxygen atoms in total. The Kier molecular flexibility index (Phi) is 20.3. The van der Waals surface area contributed by atoms with E-state index in [0.717, 1.165) is 70.1 Å². The molecule has 0 bridgehead atoms. The predicted molar refractivity (Wildman–Crippen MR) is 280 cm³/mol. The topological polar surface area (TPSA) is 106 Å². The van der Waals surface area contributed by atoms with Crippen molar-refractivity contribution < 1.29 is 14.3 Å². The summed E-state index contributed by atoms with van der Waals surface area (Å²) in [4.78, 5) is 46.5. The Hall–Kier alpha value is -4.00. The van der Waals surface area contributed by atoms with Crippen molar-refractivity contribution in [1.82, 2.24) is 20.1 Å². The Balaban J connectivity index is 1.96. The van der Waals surface area contributed by atoms with Gasteiger partial charge in [0.2, 0.25) is 5.70 Å². The quantitative estimate of drug-likeness (QED) is 0.0879. The Morgan fingerprint density at radius 3 is 1.82 bits per heavy atom. The second kappa shape index (κ2) is 24.5. The number of benzene rings is 1. The van der Waals surface area contributed by atoms with Gasteiger partial charge in [-0.25, -0.2) is 24.3 Å². The number of unbranched alkanes of at least 4 members (excludes halogenated alkanes) is 3. The lowest BCUT2D eigenvalue weighted by Crippen LogP contribution is -2.49. The minimum Gasteiger partial charge on any atom is -0.459 e. The van der Waals surface area contributed by atoms with E-state index in [4.69, 9.17) is 26.4 Å². The number of ether oxygens (including phenoxy) is 1. The number of fused-ring (bicyclic) bond motifs is 1. The second-order valence-corrected chi connectivity index (χ2v) is 23.6. The lowest BCUT2D eigenvalue weighted by molar-refractivity contribution is -0.162. The van der Waals surface area contributed by atoms with Crippen LogP contribution in [0.15, 0.2) is 28.9 Å². The standard InChI is InChI=1S/C57H93N7O3/c1-18-24-27-39(21-4)35-59-52(65)43-34-42(63(36-40(22-5)28-25-19-2)37-41(23-6)29-26-20-3)30-31-46(43)60-51-48(58-17)47(50-61-54(57(14,15)16)62-64(50)51)53(66)67-49-44(55(8,9)10)32-38(7)33-45(49)56(11,12)13/h30-31,34,38-41,44-45,49H,18-29,32-33,35-37H2,1-16H3,(H,59,65). The molecule has 1 fully saturated rings. The summed E-state index contributed by atoms with van der Waals surface area (Å²) in [7, 11) is 0. The normalized spacial score (nSPS) is 20.9. The van der Waals surface area contributed by atoms with Crippen LogP contribution in [0.3, 0.4) is 0 Å². The molecule has 374 valence electrons. The number of esters is 1. The molecule has 0 spiro atoms. The third kappa shape index (κ3) is 14.5. The van der Waals surface area contributed by atoms with Crippen LogP contribution in [0.5, 0.6) is 0 Å². The summed E-state index contributed by atoms with van der Waals surface area (Å²) in [5, 5.41) is 8.28. The fourth-order valence-electron chi connectivity index (χ4n) is 10.3. The molecule has 2 aliphatic rings. The highest BCUT2D eigenvalue weighted by Gasteiger charge is 2.49. The van der Waals surface area contributed by atoms with Crippen molar-refractivity contribution in [2.75, 3.05) is 24.5 Å². The molecule has 2 aromatic rings. The number of hydrogen-bond donors (Lipinski definition) is 1. The molecule has 0 radical (unpaired) electrons. The number of carbonyl (C=O) groups excluding carboxylic acids is 2. The monoisotopic (exact) mass is 924 g/mol. The molecule has 1 aliphatic carbocycles. The molecule has 4 rings (SSSR count). The van der Waals surface area contributed by atoms with E-state index in [1.165, 1.54) is 38.5 Å². The number of anilines is 1. The lowest BCUT2D eigenvalue weighted by atomic mass is 9.59. The molecule has 5 atom stereocenters. The van der Waals surface area contributed by atoms with Crippen molar-refractivity contribution >= 4 is 34.7 Å². The van der Waals surface area contributed by atoms with Crippen LogP contribution < -0.4 is 10.2 Å². The maximum Gasteiger partial charge on any atom is 0.331 e. The maximum absolute atomic E-state index is 15.0. The van der Waals surface area contributed by atoms with Crippen LogP contribution in [0.2, 0.25) is 0 Å². The van der Waals surface area contributed by atoms with Crippen molar-refractivity contribution in [3.05, 3.63) is 52.5 Å². The Bertz CT molecular complexity index is 1990. The summed E-state index contributed by atoms with van der Waals surface area (Å²) >= 11 is 0. The smallest absolute Gasteiger partial charge is 0.331 e. The van der Waals surface area contributed by atoms with Gasteiger partial charge in [0.1, 0.15) is 11.7 Å². The van der Waals surface area contributed by atoms with Crippen molar-refractivity contribution in [3.8, 4) is 0 Å². The zero-order valence-electron chi connectivity index (χ0n) is 45.2. The number of amides is 1. The number of carbonyl (C=O) groups is 2. The molecule has 1 saturated carbocycles. The first-order valence-corrected chi connectivity index (χ1v) is 26.6. The molecule has 2 heterocycles. The summed E-state index contributed by atoms with van der Waals surface area (Å²) in [6.45, 7) is 46.4. The zero-order chi connectivity index (χ0) is 49.9. The highest BCUT2D eigenvalue weighted by atomic mass is 16.5. The van der Waals surface area contributed by atoms with Gasteiger partial charge in [-0.1, -0.05) is 169 Å². The number of aliphatic imine (C=N–C) groups is 1. The molecule has 1 aromatic carbocycles. The summed E-state index contributed by atoms with van der Waals surface area (Å²) in [6.07, 6.45) is 15.1. The van der Waals surface area contributed by atoms with Crippen LogP contribution in [0.25, 0.3) is 10.4 Å². The van der Waals surface area contributed by atoms with E-state index in [1.807, 2.05) is 32.9 Å². The molecule has 1 amide bonds. The van der Waals surface area contributed by atoms with E-state index in [2.05, 4.69) is 111 Å². The third-order valence-corrected chi connectivity index (χ3v) is 15.0. The van der Waals surface area contributed by atoms with Crippen molar-refractivity contribution in [3.63, 3.8) is 0 Å². The van der Waals surface area contributed by atoms with Gasteiger partial charge < -0.3 is 15.0 Å². The van der Waals surface area contributed by atoms with Crippen LogP contribution in [-0.4, -0.2) is 58.2 Å². The Morgan fingerprint density at radius 1 is 0.836 bits per heavy atom. The van der Waals surface area contributed by atoms with Crippen molar-refractivity contribution in [1.29, 1.82) is 0 Å². The van der Waals surface area contributed by atoms with Crippen LogP contribution in [0, 0.1) is 52.9 Å². The zero-order valence-corrected chi connectivity index (χ0v) is 45.2. The summed E-state index contributed by atoms with van der Waals surface area (Å²) in [5.41, 5.74) is 1.30. The van der Waals surface area contributed by atoms with Crippen LogP contribution in [0.4, 0.5) is 11.4 Å². The molecule has 5 unspecified atom stereocenters. The van der Waals surface area contributed by atoms with Gasteiger partial charge >= 0.3 is 5.97 Å². The lowest BCUT2D eigenvalue weighted by Gasteiger charge is -2.50. The SMILES string of the molecule is [C-]#[N+]C1=C(C(=O)OC2C(C(C)(C)C)CC(C)CC2C(C)(C)C)c2nc(C(C)(C)C)nn2C1=Nc1ccc(N(CC(CC)CCCC)CC(CC)CCCC)cc1C(=O)NCC(CC)CCCC. The van der Waals surface area contributed by atoms with Gasteiger partial charge in [0.05, 0.1) is 17.8 Å².